The Kier molecular flexibility index (Phi) is 3.74. The van der Waals surface area contributed by atoms with Crippen molar-refractivity contribution >= 4 is 0 Å². The molecule has 0 aromatic heterocycles. The van der Waals surface area contributed by atoms with Crippen molar-refractivity contribution in [3.05, 3.63) is 0 Å². The Labute approximate surface area is 81.7 Å². The van der Waals surface area contributed by atoms with Crippen LogP contribution in [0.15, 0.2) is 0 Å². The zero-order valence-electron chi connectivity index (χ0n) is 9.14. The van der Waals surface area contributed by atoms with Crippen LogP contribution < -0.4 is 5.32 Å². The van der Waals surface area contributed by atoms with Gasteiger partial charge in [0.25, 0.3) is 0 Å². The summed E-state index contributed by atoms with van der Waals surface area (Å²) in [5.74, 6) is 1.03. The molecule has 0 amide bonds. The smallest absolute Gasteiger partial charge is 0.0645 e. The van der Waals surface area contributed by atoms with Crippen molar-refractivity contribution in [2.75, 3.05) is 13.1 Å². The van der Waals surface area contributed by atoms with Gasteiger partial charge in [-0.15, -0.1) is 0 Å². The molecule has 2 unspecified atom stereocenters. The topological polar surface area (TPSA) is 32.3 Å². The summed E-state index contributed by atoms with van der Waals surface area (Å²) in [6, 6.07) is 0. The Morgan fingerprint density at radius 3 is 2.69 bits per heavy atom. The van der Waals surface area contributed by atoms with Gasteiger partial charge in [0.2, 0.25) is 0 Å². The van der Waals surface area contributed by atoms with Gasteiger partial charge in [0.15, 0.2) is 0 Å². The van der Waals surface area contributed by atoms with Crippen molar-refractivity contribution in [1.29, 1.82) is 0 Å². The van der Waals surface area contributed by atoms with Crippen LogP contribution in [0, 0.1) is 11.8 Å². The van der Waals surface area contributed by atoms with Gasteiger partial charge in [0.05, 0.1) is 5.60 Å². The lowest BCUT2D eigenvalue weighted by molar-refractivity contribution is -0.0120. The molecule has 1 saturated heterocycles. The average molecular weight is 185 g/mol. The Bertz CT molecular complexity index is 148. The lowest BCUT2D eigenvalue weighted by atomic mass is 9.81. The fraction of sp³-hybridized carbons (Fsp3) is 1.00. The van der Waals surface area contributed by atoms with Crippen LogP contribution in [0.5, 0.6) is 0 Å². The van der Waals surface area contributed by atoms with Crippen molar-refractivity contribution < 1.29 is 5.11 Å². The molecule has 0 bridgehead atoms. The first-order valence-corrected chi connectivity index (χ1v) is 5.45. The summed E-state index contributed by atoms with van der Waals surface area (Å²) in [4.78, 5) is 0. The number of aliphatic hydroxyl groups is 1. The molecule has 0 aromatic carbocycles. The third-order valence-corrected chi connectivity index (χ3v) is 3.34. The summed E-state index contributed by atoms with van der Waals surface area (Å²) in [5, 5.41) is 13.5. The summed E-state index contributed by atoms with van der Waals surface area (Å²) in [6.07, 6.45) is 3.48. The molecule has 2 N–H and O–H groups in total. The van der Waals surface area contributed by atoms with Crippen LogP contribution in [-0.4, -0.2) is 23.8 Å². The first kappa shape index (κ1) is 11.0. The standard InChI is InChI=1S/C11H23NO/c1-9(2)11(3,13)7-10-5-4-6-12-8-10/h9-10,12-13H,4-8H2,1-3H3. The van der Waals surface area contributed by atoms with Gasteiger partial charge in [0.1, 0.15) is 0 Å². The van der Waals surface area contributed by atoms with Crippen LogP contribution in [0.2, 0.25) is 0 Å². The predicted octanol–water partition coefficient (Wildman–Crippen LogP) is 1.78. The molecule has 1 fully saturated rings. The van der Waals surface area contributed by atoms with E-state index < -0.39 is 5.60 Å². The molecule has 1 aliphatic heterocycles. The Balaban J connectivity index is 2.37. The highest BCUT2D eigenvalue weighted by molar-refractivity contribution is 4.82. The third kappa shape index (κ3) is 3.28. The predicted molar refractivity (Wildman–Crippen MR) is 55.7 cm³/mol. The van der Waals surface area contributed by atoms with E-state index in [9.17, 15) is 5.11 Å². The van der Waals surface area contributed by atoms with Gasteiger partial charge in [-0.25, -0.2) is 0 Å². The zero-order valence-corrected chi connectivity index (χ0v) is 9.14. The van der Waals surface area contributed by atoms with Crippen LogP contribution in [0.1, 0.15) is 40.0 Å². The van der Waals surface area contributed by atoms with Crippen molar-refractivity contribution in [2.24, 2.45) is 11.8 Å². The number of piperidine rings is 1. The van der Waals surface area contributed by atoms with Crippen molar-refractivity contribution in [3.8, 4) is 0 Å². The first-order chi connectivity index (χ1) is 6.02. The van der Waals surface area contributed by atoms with Gasteiger partial charge in [-0.05, 0) is 51.1 Å². The van der Waals surface area contributed by atoms with Crippen molar-refractivity contribution in [1.82, 2.24) is 5.32 Å². The fourth-order valence-corrected chi connectivity index (χ4v) is 1.92. The quantitative estimate of drug-likeness (QED) is 0.702. The summed E-state index contributed by atoms with van der Waals surface area (Å²) in [7, 11) is 0. The minimum atomic E-state index is -0.482. The molecular formula is C11H23NO. The molecular weight excluding hydrogens is 162 g/mol. The SMILES string of the molecule is CC(C)C(C)(O)CC1CCCNC1. The van der Waals surface area contributed by atoms with Crippen LogP contribution in [0.3, 0.4) is 0 Å². The zero-order chi connectivity index (χ0) is 9.90. The molecule has 0 radical (unpaired) electrons. The lowest BCUT2D eigenvalue weighted by Crippen LogP contribution is -2.39. The molecule has 1 aliphatic rings. The Hall–Kier alpha value is -0.0800. The molecule has 1 rings (SSSR count). The molecule has 2 heteroatoms. The van der Waals surface area contributed by atoms with E-state index in [1.54, 1.807) is 0 Å². The normalized spacial score (nSPS) is 28.8. The summed E-state index contributed by atoms with van der Waals surface area (Å²) in [6.45, 7) is 8.39. The van der Waals surface area contributed by atoms with E-state index in [2.05, 4.69) is 19.2 Å². The maximum absolute atomic E-state index is 10.1. The minimum absolute atomic E-state index is 0.356. The maximum atomic E-state index is 10.1. The maximum Gasteiger partial charge on any atom is 0.0645 e. The van der Waals surface area contributed by atoms with Gasteiger partial charge in [-0.2, -0.15) is 0 Å². The van der Waals surface area contributed by atoms with E-state index in [4.69, 9.17) is 0 Å². The highest BCUT2D eigenvalue weighted by Gasteiger charge is 2.29. The van der Waals surface area contributed by atoms with Crippen molar-refractivity contribution in [3.63, 3.8) is 0 Å². The molecule has 0 saturated carbocycles. The Morgan fingerprint density at radius 1 is 1.54 bits per heavy atom. The molecule has 13 heavy (non-hydrogen) atoms. The number of rotatable bonds is 3. The third-order valence-electron chi connectivity index (χ3n) is 3.34. The largest absolute Gasteiger partial charge is 0.390 e. The highest BCUT2D eigenvalue weighted by atomic mass is 16.3. The van der Waals surface area contributed by atoms with E-state index in [0.717, 1.165) is 19.5 Å². The minimum Gasteiger partial charge on any atom is -0.390 e. The van der Waals surface area contributed by atoms with E-state index in [0.29, 0.717) is 11.8 Å². The van der Waals surface area contributed by atoms with E-state index in [1.807, 2.05) is 6.92 Å². The van der Waals surface area contributed by atoms with Crippen LogP contribution >= 0.6 is 0 Å². The molecule has 2 atom stereocenters. The molecule has 78 valence electrons. The fourth-order valence-electron chi connectivity index (χ4n) is 1.92. The first-order valence-electron chi connectivity index (χ1n) is 5.45. The van der Waals surface area contributed by atoms with Gasteiger partial charge in [-0.1, -0.05) is 13.8 Å². The molecule has 2 nitrogen and oxygen atoms in total. The summed E-state index contributed by atoms with van der Waals surface area (Å²) < 4.78 is 0. The second-order valence-corrected chi connectivity index (χ2v) is 4.93. The average Bonchev–Trinajstić information content (AvgIpc) is 2.05. The molecule has 0 spiro atoms. The second kappa shape index (κ2) is 4.43. The molecule has 0 aromatic rings. The second-order valence-electron chi connectivity index (χ2n) is 4.93. The number of nitrogens with one attached hydrogen (secondary N) is 1. The van der Waals surface area contributed by atoms with Crippen LogP contribution in [0.25, 0.3) is 0 Å². The van der Waals surface area contributed by atoms with Gasteiger partial charge < -0.3 is 10.4 Å². The highest BCUT2D eigenvalue weighted by Crippen LogP contribution is 2.27. The van der Waals surface area contributed by atoms with E-state index in [1.165, 1.54) is 12.8 Å². The number of hydrogen-bond donors (Lipinski definition) is 2. The van der Waals surface area contributed by atoms with Gasteiger partial charge in [0, 0.05) is 0 Å². The van der Waals surface area contributed by atoms with Crippen LogP contribution in [0.4, 0.5) is 0 Å². The Morgan fingerprint density at radius 2 is 2.23 bits per heavy atom. The summed E-state index contributed by atoms with van der Waals surface area (Å²) in [5.41, 5.74) is -0.482. The van der Waals surface area contributed by atoms with Gasteiger partial charge in [-0.3, -0.25) is 0 Å². The van der Waals surface area contributed by atoms with Gasteiger partial charge >= 0.3 is 0 Å². The van der Waals surface area contributed by atoms with Crippen molar-refractivity contribution in [2.45, 2.75) is 45.6 Å². The summed E-state index contributed by atoms with van der Waals surface area (Å²) >= 11 is 0. The number of hydrogen-bond acceptors (Lipinski definition) is 2. The van der Waals surface area contributed by atoms with Crippen LogP contribution in [-0.2, 0) is 0 Å². The lowest BCUT2D eigenvalue weighted by Gasteiger charge is -2.33. The monoisotopic (exact) mass is 185 g/mol. The molecule has 0 aliphatic carbocycles. The van der Waals surface area contributed by atoms with E-state index >= 15 is 0 Å². The van der Waals surface area contributed by atoms with E-state index in [-0.39, 0.29) is 0 Å². The molecule has 1 heterocycles.